The molecule has 0 aromatic heterocycles. The Kier molecular flexibility index (Phi) is 9.93. The molecule has 5 nitrogen and oxygen atoms in total. The first-order valence-electron chi connectivity index (χ1n) is 7.78. The zero-order chi connectivity index (χ0) is 19.2. The fourth-order valence-electron chi connectivity index (χ4n) is 1.99. The number of nitrogens with zero attached hydrogens (tertiary/aromatic N) is 1. The molecule has 0 saturated heterocycles. The van der Waals surface area contributed by atoms with Gasteiger partial charge in [-0.1, -0.05) is 36.4 Å². The summed E-state index contributed by atoms with van der Waals surface area (Å²) < 4.78 is 49.6. The Labute approximate surface area is 179 Å². The quantitative estimate of drug-likeness (QED) is 0.418. The van der Waals surface area contributed by atoms with E-state index in [1.165, 1.54) is 0 Å². The minimum absolute atomic E-state index is 0. The van der Waals surface area contributed by atoms with Gasteiger partial charge in [0.15, 0.2) is 17.4 Å². The average molecular weight is 462 g/mol. The van der Waals surface area contributed by atoms with E-state index in [2.05, 4.69) is 0 Å². The van der Waals surface area contributed by atoms with Crippen LogP contribution in [0.5, 0.6) is 0 Å². The summed E-state index contributed by atoms with van der Waals surface area (Å²) in [6.45, 7) is 0. The smallest absolute Gasteiger partial charge is 0.230 e. The molecule has 10 heteroatoms. The van der Waals surface area contributed by atoms with E-state index >= 15 is 0 Å². The van der Waals surface area contributed by atoms with Crippen LogP contribution in [0.2, 0.25) is 0 Å². The van der Waals surface area contributed by atoms with E-state index in [0.29, 0.717) is 0 Å². The van der Waals surface area contributed by atoms with Crippen LogP contribution in [0.3, 0.4) is 0 Å². The Hall–Kier alpha value is -0.468. The first-order valence-corrected chi connectivity index (χ1v) is 13.7. The summed E-state index contributed by atoms with van der Waals surface area (Å²) in [4.78, 5) is 2.36. The molecule has 0 saturated carbocycles. The Bertz CT molecular complexity index is 831. The monoisotopic (exact) mass is 461 g/mol. The van der Waals surface area contributed by atoms with Crippen LogP contribution in [0.4, 0.5) is 0 Å². The molecule has 0 heterocycles. The van der Waals surface area contributed by atoms with E-state index in [1.54, 1.807) is 60.7 Å². The van der Waals surface area contributed by atoms with Gasteiger partial charge < -0.3 is 4.90 Å². The lowest BCUT2D eigenvalue weighted by Crippen LogP contribution is -2.33. The molecule has 2 aromatic carbocycles. The van der Waals surface area contributed by atoms with Gasteiger partial charge in [-0.2, -0.15) is 0 Å². The summed E-state index contributed by atoms with van der Waals surface area (Å²) in [6.07, 6.45) is 0. The number of hydrogen-bond donors (Lipinski definition) is 0. The fraction of sp³-hybridized carbons (Fsp3) is 0.294. The van der Waals surface area contributed by atoms with Crippen molar-refractivity contribution in [3.05, 3.63) is 60.7 Å². The fourth-order valence-corrected chi connectivity index (χ4v) is 8.40. The van der Waals surface area contributed by atoms with E-state index < -0.39 is 17.7 Å². The molecule has 148 valence electrons. The van der Waals surface area contributed by atoms with E-state index in [-0.39, 0.29) is 44.7 Å². The van der Waals surface area contributed by atoms with Crippen LogP contribution in [0, 0.1) is 0 Å². The van der Waals surface area contributed by atoms with Crippen molar-refractivity contribution in [1.29, 1.82) is 0 Å². The Morgan fingerprint density at radius 3 is 1.37 bits per heavy atom. The number of rotatable bonds is 9. The second kappa shape index (κ2) is 10.9. The summed E-state index contributed by atoms with van der Waals surface area (Å²) in [5.41, 5.74) is 0. The minimum atomic E-state index is -3.46. The average Bonchev–Trinajstić information content (AvgIpc) is 2.62. The van der Waals surface area contributed by atoms with Gasteiger partial charge in [-0.3, -0.25) is 0 Å². The van der Waals surface area contributed by atoms with E-state index in [1.807, 2.05) is 19.0 Å². The molecule has 0 aliphatic rings. The molecule has 0 aliphatic heterocycles. The summed E-state index contributed by atoms with van der Waals surface area (Å²) in [5, 5.41) is 0. The van der Waals surface area contributed by atoms with Crippen molar-refractivity contribution in [3.63, 3.8) is 0 Å². The van der Waals surface area contributed by atoms with E-state index in [9.17, 15) is 16.8 Å². The van der Waals surface area contributed by atoms with Crippen molar-refractivity contribution in [1.82, 2.24) is 4.90 Å². The van der Waals surface area contributed by atoms with E-state index in [0.717, 1.165) is 21.6 Å². The normalized spacial score (nSPS) is 12.1. The molecule has 2 rings (SSSR count). The highest BCUT2D eigenvalue weighted by Gasteiger charge is 2.23. The molecule has 0 bridgehead atoms. The van der Waals surface area contributed by atoms with Gasteiger partial charge in [0.1, 0.15) is 0 Å². The van der Waals surface area contributed by atoms with Gasteiger partial charge >= 0.3 is 0 Å². The lowest BCUT2D eigenvalue weighted by atomic mass is 10.4. The van der Waals surface area contributed by atoms with Crippen molar-refractivity contribution in [2.24, 2.45) is 0 Å². The molecule has 0 atom stereocenters. The third-order valence-electron chi connectivity index (χ3n) is 3.63. The van der Waals surface area contributed by atoms with Crippen LogP contribution in [0.1, 0.15) is 0 Å². The minimum Gasteiger partial charge on any atom is -0.305 e. The molecule has 0 unspecified atom stereocenters. The second-order valence-electron chi connectivity index (χ2n) is 5.72. The van der Waals surface area contributed by atoms with Crippen LogP contribution in [-0.4, -0.2) is 70.7 Å². The van der Waals surface area contributed by atoms with Crippen molar-refractivity contribution in [2.75, 3.05) is 25.6 Å². The molecule has 0 spiro atoms. The lowest BCUT2D eigenvalue weighted by molar-refractivity contribution is 0.345. The van der Waals surface area contributed by atoms with Crippen LogP contribution in [0.15, 0.2) is 70.5 Å². The molecule has 0 amide bonds. The summed E-state index contributed by atoms with van der Waals surface area (Å²) >= 11 is 0. The van der Waals surface area contributed by atoms with Gasteiger partial charge in [0.25, 0.3) is 0 Å². The van der Waals surface area contributed by atoms with Gasteiger partial charge in [-0.25, -0.2) is 16.8 Å². The SMILES string of the molecule is CN(C)C(CSS(=O)(=O)c1ccccc1)CSS(=O)(=O)c1ccccc1.[AlH3]. The zero-order valence-electron chi connectivity index (χ0n) is 14.5. The highest BCUT2D eigenvalue weighted by molar-refractivity contribution is 8.72. The standard InChI is InChI=1S/C17H21NO4S4.Al.3H/c1-18(2)15(13-23-25(19,20)16-9-5-3-6-10-16)14-24-26(21,22)17-11-7-4-8-12-17;;;;/h3-12,15H,13-14H2,1-2H3;;;;. The largest absolute Gasteiger partial charge is 0.305 e. The highest BCUT2D eigenvalue weighted by Crippen LogP contribution is 2.28. The first kappa shape index (κ1) is 24.6. The molecular weight excluding hydrogens is 437 g/mol. The number of benzene rings is 2. The second-order valence-corrected chi connectivity index (χ2v) is 13.7. The third kappa shape index (κ3) is 7.46. The van der Waals surface area contributed by atoms with Crippen molar-refractivity contribution in [2.45, 2.75) is 15.8 Å². The predicted molar refractivity (Wildman–Crippen MR) is 120 cm³/mol. The first-order chi connectivity index (χ1) is 12.2. The molecule has 0 fully saturated rings. The zero-order valence-corrected chi connectivity index (χ0v) is 17.7. The van der Waals surface area contributed by atoms with Gasteiger partial charge in [0.05, 0.1) is 9.79 Å². The Balaban J connectivity index is 0.00000364. The van der Waals surface area contributed by atoms with E-state index in [4.69, 9.17) is 0 Å². The van der Waals surface area contributed by atoms with Gasteiger partial charge in [0, 0.05) is 17.5 Å². The molecule has 27 heavy (non-hydrogen) atoms. The summed E-state index contributed by atoms with van der Waals surface area (Å²) in [7, 11) is -1.62. The molecule has 0 N–H and O–H groups in total. The topological polar surface area (TPSA) is 71.5 Å². The maximum atomic E-state index is 12.4. The Morgan fingerprint density at radius 2 is 1.07 bits per heavy atom. The lowest BCUT2D eigenvalue weighted by Gasteiger charge is -2.23. The molecule has 2 aromatic rings. The van der Waals surface area contributed by atoms with Crippen LogP contribution in [0.25, 0.3) is 0 Å². The van der Waals surface area contributed by atoms with Gasteiger partial charge in [0.2, 0.25) is 17.7 Å². The van der Waals surface area contributed by atoms with Gasteiger partial charge in [-0.15, -0.1) is 0 Å². The maximum absolute atomic E-state index is 12.4. The predicted octanol–water partition coefficient (Wildman–Crippen LogP) is 1.98. The maximum Gasteiger partial charge on any atom is 0.230 e. The van der Waals surface area contributed by atoms with Crippen LogP contribution >= 0.6 is 21.6 Å². The van der Waals surface area contributed by atoms with Crippen molar-refractivity contribution < 1.29 is 16.8 Å². The third-order valence-corrected chi connectivity index (χ3v) is 10.8. The molecule has 0 aliphatic carbocycles. The van der Waals surface area contributed by atoms with Crippen molar-refractivity contribution >= 4 is 56.7 Å². The molecular formula is C17H24AlNO4S4. The van der Waals surface area contributed by atoms with Crippen molar-refractivity contribution in [3.8, 4) is 0 Å². The molecule has 0 radical (unpaired) electrons. The highest BCUT2D eigenvalue weighted by atomic mass is 33.1. The van der Waals surface area contributed by atoms with Crippen LogP contribution in [-0.2, 0) is 17.7 Å². The Morgan fingerprint density at radius 1 is 0.741 bits per heavy atom. The number of hydrogen-bond acceptors (Lipinski definition) is 7. The summed E-state index contributed by atoms with van der Waals surface area (Å²) in [6, 6.07) is 16.3. The summed E-state index contributed by atoms with van der Waals surface area (Å²) in [5.74, 6) is 0.559. The van der Waals surface area contributed by atoms with Gasteiger partial charge in [-0.05, 0) is 59.9 Å². The van der Waals surface area contributed by atoms with Crippen LogP contribution < -0.4 is 0 Å².